The molecule has 1 atom stereocenters. The van der Waals surface area contributed by atoms with Crippen LogP contribution in [-0.2, 0) is 16.3 Å². The zero-order chi connectivity index (χ0) is 21.5. The summed E-state index contributed by atoms with van der Waals surface area (Å²) in [4.78, 5) is 12.7. The highest BCUT2D eigenvalue weighted by molar-refractivity contribution is 7.90. The fourth-order valence-corrected chi connectivity index (χ4v) is 4.24. The zero-order valence-corrected chi connectivity index (χ0v) is 17.7. The van der Waals surface area contributed by atoms with Crippen molar-refractivity contribution < 1.29 is 22.5 Å². The normalized spacial score (nSPS) is 15.5. The van der Waals surface area contributed by atoms with Crippen LogP contribution in [0.1, 0.15) is 27.4 Å². The van der Waals surface area contributed by atoms with E-state index in [1.165, 1.54) is 6.26 Å². The van der Waals surface area contributed by atoms with Gasteiger partial charge in [-0.2, -0.15) is 0 Å². The summed E-state index contributed by atoms with van der Waals surface area (Å²) in [7, 11) is -3.22. The molecular formula is C22H22N2O5S. The van der Waals surface area contributed by atoms with Crippen LogP contribution in [0.2, 0.25) is 0 Å². The van der Waals surface area contributed by atoms with Gasteiger partial charge < -0.3 is 14.6 Å². The molecule has 0 bridgehead atoms. The number of sulfone groups is 1. The molecule has 0 saturated heterocycles. The molecule has 1 unspecified atom stereocenters. The minimum Gasteiger partial charge on any atom is -0.488 e. The molecule has 3 aromatic rings. The molecule has 1 N–H and O–H groups in total. The predicted octanol–water partition coefficient (Wildman–Crippen LogP) is 3.10. The molecule has 0 saturated carbocycles. The van der Waals surface area contributed by atoms with E-state index >= 15 is 0 Å². The van der Waals surface area contributed by atoms with Gasteiger partial charge in [0.25, 0.3) is 5.91 Å². The van der Waals surface area contributed by atoms with Gasteiger partial charge in [-0.25, -0.2) is 8.42 Å². The highest BCUT2D eigenvalue weighted by atomic mass is 32.2. The van der Waals surface area contributed by atoms with Gasteiger partial charge >= 0.3 is 0 Å². The quantitative estimate of drug-likeness (QED) is 0.673. The van der Waals surface area contributed by atoms with Crippen molar-refractivity contribution >= 4 is 15.7 Å². The number of nitrogens with one attached hydrogen (secondary N) is 1. The van der Waals surface area contributed by atoms with Crippen LogP contribution in [0.3, 0.4) is 0 Å². The number of carbonyl (C=O) groups excluding carboxylic acids is 1. The lowest BCUT2D eigenvalue weighted by atomic mass is 10.0. The van der Waals surface area contributed by atoms with Crippen molar-refractivity contribution in [2.45, 2.75) is 31.3 Å². The number of hydrogen-bond donors (Lipinski definition) is 1. The Labute approximate surface area is 175 Å². The lowest BCUT2D eigenvalue weighted by Gasteiger charge is -2.11. The van der Waals surface area contributed by atoms with Crippen LogP contribution < -0.4 is 10.1 Å². The summed E-state index contributed by atoms with van der Waals surface area (Å²) >= 11 is 0. The first-order valence-corrected chi connectivity index (χ1v) is 11.4. The van der Waals surface area contributed by atoms with E-state index in [1.807, 2.05) is 18.2 Å². The SMILES string of the molecule is Cc1noc(C)c1C(=O)NCC1Cc2cc(-c3ccc(S(C)(=O)=O)cc3)ccc2O1. The number of fused-ring (bicyclic) bond motifs is 1. The largest absolute Gasteiger partial charge is 0.488 e. The molecule has 1 amide bonds. The Morgan fingerprint density at radius 3 is 2.47 bits per heavy atom. The van der Waals surface area contributed by atoms with E-state index in [-0.39, 0.29) is 12.0 Å². The number of rotatable bonds is 5. The summed E-state index contributed by atoms with van der Waals surface area (Å²) in [5.74, 6) is 1.06. The molecule has 1 aliphatic rings. The van der Waals surface area contributed by atoms with E-state index in [2.05, 4.69) is 10.5 Å². The molecular weight excluding hydrogens is 404 g/mol. The number of carbonyl (C=O) groups is 1. The average Bonchev–Trinajstić information content (AvgIpc) is 3.27. The number of aryl methyl sites for hydroxylation is 2. The van der Waals surface area contributed by atoms with Crippen LogP contribution in [0.4, 0.5) is 0 Å². The monoisotopic (exact) mass is 426 g/mol. The Morgan fingerprint density at radius 2 is 1.83 bits per heavy atom. The van der Waals surface area contributed by atoms with Gasteiger partial charge in [0.1, 0.15) is 23.2 Å². The van der Waals surface area contributed by atoms with Crippen molar-refractivity contribution in [3.05, 3.63) is 65.0 Å². The second-order valence-corrected chi connectivity index (χ2v) is 9.49. The summed E-state index contributed by atoms with van der Waals surface area (Å²) in [6.07, 6.45) is 1.71. The van der Waals surface area contributed by atoms with Gasteiger partial charge in [-0.3, -0.25) is 4.79 Å². The van der Waals surface area contributed by atoms with Gasteiger partial charge in [0.15, 0.2) is 9.84 Å². The number of ether oxygens (including phenoxy) is 1. The Morgan fingerprint density at radius 1 is 1.13 bits per heavy atom. The molecule has 2 aromatic carbocycles. The minimum absolute atomic E-state index is 0.160. The van der Waals surface area contributed by atoms with E-state index < -0.39 is 9.84 Å². The zero-order valence-electron chi connectivity index (χ0n) is 16.9. The molecule has 0 aliphatic carbocycles. The average molecular weight is 426 g/mol. The molecule has 30 heavy (non-hydrogen) atoms. The number of benzene rings is 2. The van der Waals surface area contributed by atoms with E-state index in [1.54, 1.807) is 38.1 Å². The van der Waals surface area contributed by atoms with Crippen molar-refractivity contribution in [3.63, 3.8) is 0 Å². The standard InChI is InChI=1S/C22H22N2O5S/c1-13-21(14(2)29-24-13)22(25)23-12-18-11-17-10-16(6-9-20(17)28-18)15-4-7-19(8-5-15)30(3,26)27/h4-10,18H,11-12H2,1-3H3,(H,23,25). The second-order valence-electron chi connectivity index (χ2n) is 7.47. The maximum absolute atomic E-state index is 12.4. The van der Waals surface area contributed by atoms with Crippen molar-refractivity contribution in [2.75, 3.05) is 12.8 Å². The molecule has 0 spiro atoms. The minimum atomic E-state index is -3.22. The molecule has 0 radical (unpaired) electrons. The third-order valence-corrected chi connectivity index (χ3v) is 6.30. The summed E-state index contributed by atoms with van der Waals surface area (Å²) in [6.45, 7) is 3.81. The Balaban J connectivity index is 1.43. The van der Waals surface area contributed by atoms with E-state index in [0.717, 1.165) is 22.4 Å². The third-order valence-electron chi connectivity index (χ3n) is 5.17. The Hall–Kier alpha value is -3.13. The van der Waals surface area contributed by atoms with Crippen LogP contribution in [0.15, 0.2) is 51.9 Å². The van der Waals surface area contributed by atoms with Crippen molar-refractivity contribution in [1.82, 2.24) is 10.5 Å². The second kappa shape index (κ2) is 7.60. The first-order valence-electron chi connectivity index (χ1n) is 9.53. The molecule has 2 heterocycles. The topological polar surface area (TPSA) is 98.5 Å². The number of amides is 1. The molecule has 7 nitrogen and oxygen atoms in total. The van der Waals surface area contributed by atoms with Crippen LogP contribution in [-0.4, -0.2) is 38.4 Å². The van der Waals surface area contributed by atoms with Crippen LogP contribution in [0, 0.1) is 13.8 Å². The van der Waals surface area contributed by atoms with Gasteiger partial charge in [0, 0.05) is 12.7 Å². The lowest BCUT2D eigenvalue weighted by Crippen LogP contribution is -2.34. The van der Waals surface area contributed by atoms with E-state index in [0.29, 0.717) is 34.9 Å². The van der Waals surface area contributed by atoms with Gasteiger partial charge in [-0.05, 0) is 54.8 Å². The summed E-state index contributed by atoms with van der Waals surface area (Å²) in [5.41, 5.74) is 3.99. The first kappa shape index (κ1) is 20.2. The third kappa shape index (κ3) is 3.95. The fraction of sp³-hybridized carbons (Fsp3) is 0.273. The summed E-state index contributed by atoms with van der Waals surface area (Å²) < 4.78 is 34.3. The highest BCUT2D eigenvalue weighted by Gasteiger charge is 2.25. The lowest BCUT2D eigenvalue weighted by molar-refractivity contribution is 0.0931. The molecule has 1 aromatic heterocycles. The first-order chi connectivity index (χ1) is 14.2. The van der Waals surface area contributed by atoms with Gasteiger partial charge in [-0.1, -0.05) is 23.4 Å². The molecule has 4 rings (SSSR count). The Kier molecular flexibility index (Phi) is 5.11. The maximum Gasteiger partial charge on any atom is 0.256 e. The maximum atomic E-state index is 12.4. The van der Waals surface area contributed by atoms with Crippen molar-refractivity contribution in [3.8, 4) is 16.9 Å². The van der Waals surface area contributed by atoms with E-state index in [4.69, 9.17) is 9.26 Å². The number of hydrogen-bond acceptors (Lipinski definition) is 6. The van der Waals surface area contributed by atoms with Gasteiger partial charge in [0.2, 0.25) is 0 Å². The van der Waals surface area contributed by atoms with Crippen LogP contribution in [0.25, 0.3) is 11.1 Å². The van der Waals surface area contributed by atoms with Gasteiger partial charge in [0.05, 0.1) is 17.1 Å². The number of nitrogens with zero attached hydrogens (tertiary/aromatic N) is 1. The van der Waals surface area contributed by atoms with Crippen molar-refractivity contribution in [2.24, 2.45) is 0 Å². The van der Waals surface area contributed by atoms with Crippen molar-refractivity contribution in [1.29, 1.82) is 0 Å². The molecule has 1 aliphatic heterocycles. The van der Waals surface area contributed by atoms with Crippen LogP contribution in [0.5, 0.6) is 5.75 Å². The summed E-state index contributed by atoms with van der Waals surface area (Å²) in [6, 6.07) is 12.7. The number of aromatic nitrogens is 1. The predicted molar refractivity (Wildman–Crippen MR) is 111 cm³/mol. The molecule has 8 heteroatoms. The van der Waals surface area contributed by atoms with Gasteiger partial charge in [-0.15, -0.1) is 0 Å². The highest BCUT2D eigenvalue weighted by Crippen LogP contribution is 2.33. The fourth-order valence-electron chi connectivity index (χ4n) is 3.61. The summed E-state index contributed by atoms with van der Waals surface area (Å²) in [5, 5.41) is 6.70. The Bertz CT molecular complexity index is 1190. The van der Waals surface area contributed by atoms with Crippen LogP contribution >= 0.6 is 0 Å². The smallest absolute Gasteiger partial charge is 0.256 e. The molecule has 0 fully saturated rings. The molecule has 156 valence electrons. The van der Waals surface area contributed by atoms with E-state index in [9.17, 15) is 13.2 Å².